The molecule has 0 aromatic carbocycles. The van der Waals surface area contributed by atoms with Gasteiger partial charge < -0.3 is 21.3 Å². The van der Waals surface area contributed by atoms with Crippen molar-refractivity contribution in [2.24, 2.45) is 23.7 Å². The number of carbonyl (C=O) groups is 4. The highest BCUT2D eigenvalue weighted by Gasteiger charge is 2.31. The quantitative estimate of drug-likeness (QED) is 0.189. The lowest BCUT2D eigenvalue weighted by Crippen LogP contribution is -2.34. The molecular weight excluding hydrogens is 689 g/mol. The van der Waals surface area contributed by atoms with Crippen LogP contribution in [0.5, 0.6) is 0 Å². The Morgan fingerprint density at radius 1 is 0.417 bits per heavy atom. The van der Waals surface area contributed by atoms with Gasteiger partial charge in [0.2, 0.25) is 0 Å². The number of nitrogens with zero attached hydrogens (tertiary/aromatic N) is 4. The van der Waals surface area contributed by atoms with Crippen LogP contribution >= 0.6 is 45.3 Å². The fourth-order valence-electron chi connectivity index (χ4n) is 5.05. The maximum absolute atomic E-state index is 13.5. The van der Waals surface area contributed by atoms with Crippen LogP contribution in [-0.4, -0.2) is 43.6 Å². The number of rotatable bonds is 4. The molecule has 1 aliphatic heterocycles. The zero-order valence-corrected chi connectivity index (χ0v) is 31.2. The van der Waals surface area contributed by atoms with Crippen LogP contribution < -0.4 is 21.3 Å². The Morgan fingerprint density at radius 2 is 0.604 bits per heavy atom. The van der Waals surface area contributed by atoms with Crippen molar-refractivity contribution >= 4 is 69.0 Å². The predicted molar refractivity (Wildman–Crippen MR) is 189 cm³/mol. The number of hydrogen-bond acceptors (Lipinski definition) is 12. The third-order valence-corrected chi connectivity index (χ3v) is 11.6. The smallest absolute Gasteiger partial charge is 0.271 e. The molecule has 48 heavy (non-hydrogen) atoms. The van der Waals surface area contributed by atoms with E-state index in [-0.39, 0.29) is 70.1 Å². The molecule has 0 saturated heterocycles. The molecule has 1 aliphatic rings. The highest BCUT2D eigenvalue weighted by Crippen LogP contribution is 2.31. The molecule has 8 bridgehead atoms. The minimum atomic E-state index is -0.463. The highest BCUT2D eigenvalue weighted by molar-refractivity contribution is 7.10. The molecule has 4 aromatic heterocycles. The predicted octanol–water partition coefficient (Wildman–Crippen LogP) is 6.33. The fourth-order valence-corrected chi connectivity index (χ4v) is 9.14. The molecule has 0 unspecified atom stereocenters. The Balaban J connectivity index is 1.53. The Hall–Kier alpha value is -3.60. The van der Waals surface area contributed by atoms with E-state index in [4.69, 9.17) is 0 Å². The fraction of sp³-hybridized carbons (Fsp3) is 0.500. The highest BCUT2D eigenvalue weighted by atomic mass is 32.1. The third-order valence-electron chi connectivity index (χ3n) is 7.90. The summed E-state index contributed by atoms with van der Waals surface area (Å²) in [6.45, 7) is 15.7. The lowest BCUT2D eigenvalue weighted by atomic mass is 10.0. The largest absolute Gasteiger partial charge is 0.341 e. The van der Waals surface area contributed by atoms with E-state index in [1.54, 1.807) is 21.5 Å². The average molecular weight is 729 g/mol. The summed E-state index contributed by atoms with van der Waals surface area (Å²) in [4.78, 5) is 72.3. The number of aromatic nitrogens is 4. The van der Waals surface area contributed by atoms with Gasteiger partial charge in [-0.3, -0.25) is 19.2 Å². The van der Waals surface area contributed by atoms with Crippen LogP contribution in [0.3, 0.4) is 0 Å². The normalized spacial score (nSPS) is 21.2. The number of fused-ring (bicyclic) bond motifs is 8. The van der Waals surface area contributed by atoms with Crippen molar-refractivity contribution in [2.75, 3.05) is 0 Å². The Labute approximate surface area is 295 Å². The van der Waals surface area contributed by atoms with E-state index < -0.39 is 24.2 Å². The van der Waals surface area contributed by atoms with Gasteiger partial charge in [-0.05, 0) is 23.7 Å². The van der Waals surface area contributed by atoms with Crippen LogP contribution in [-0.2, 0) is 0 Å². The molecule has 4 N–H and O–H groups in total. The first-order valence-electron chi connectivity index (χ1n) is 15.8. The lowest BCUT2D eigenvalue weighted by molar-refractivity contribution is 0.0913. The second-order valence-electron chi connectivity index (χ2n) is 13.1. The van der Waals surface area contributed by atoms with Crippen LogP contribution in [0, 0.1) is 23.7 Å². The third kappa shape index (κ3) is 7.82. The van der Waals surface area contributed by atoms with Crippen molar-refractivity contribution < 1.29 is 19.2 Å². The van der Waals surface area contributed by atoms with Crippen molar-refractivity contribution in [1.82, 2.24) is 41.2 Å². The van der Waals surface area contributed by atoms with Gasteiger partial charge in [0.05, 0.1) is 24.2 Å². The van der Waals surface area contributed by atoms with Gasteiger partial charge in [-0.2, -0.15) is 0 Å². The van der Waals surface area contributed by atoms with Gasteiger partial charge in [-0.15, -0.1) is 45.3 Å². The summed E-state index contributed by atoms with van der Waals surface area (Å²) < 4.78 is 0. The van der Waals surface area contributed by atoms with Crippen molar-refractivity contribution in [3.63, 3.8) is 0 Å². The minimum Gasteiger partial charge on any atom is -0.341 e. The van der Waals surface area contributed by atoms with Gasteiger partial charge in [0, 0.05) is 21.5 Å². The standard InChI is InChI=1S/C32H40N8O4S4/c1-13(2)21-29-33-18(9-45-29)26(42)38-23(15(5)6)31-35-20(11-47-31)28(44)40-24(16(7)8)32-36-19(12-48-32)27(43)39-22(14(3)4)30-34-17(10-46-30)25(41)37-21/h9-16,21-24H,1-8H3,(H,37,41)(H,38,42)(H,39,43)(H,40,44)/t21-,22-,23-,24-/m0/s1. The minimum absolute atomic E-state index is 0.0306. The molecule has 5 heterocycles. The molecule has 5 rings (SSSR count). The molecule has 4 atom stereocenters. The summed E-state index contributed by atoms with van der Waals surface area (Å²) in [7, 11) is 0. The van der Waals surface area contributed by atoms with E-state index in [9.17, 15) is 19.2 Å². The SMILES string of the molecule is CC(C)[C@@H]1NC(=O)c2csc(n2)[C@H](C(C)C)NC(=O)c2csc(n2)[C@H](C(C)C)NC(=O)c2csc(n2)[C@H](C(C)C)NC(=O)c2csc1n2. The summed E-state index contributed by atoms with van der Waals surface area (Å²) in [5, 5.41) is 21.3. The van der Waals surface area contributed by atoms with Gasteiger partial charge in [-0.25, -0.2) is 19.9 Å². The number of amides is 4. The monoisotopic (exact) mass is 728 g/mol. The van der Waals surface area contributed by atoms with Gasteiger partial charge in [0.1, 0.15) is 42.8 Å². The second-order valence-corrected chi connectivity index (χ2v) is 16.6. The maximum Gasteiger partial charge on any atom is 0.271 e. The van der Waals surface area contributed by atoms with E-state index in [0.29, 0.717) is 20.0 Å². The molecule has 0 spiro atoms. The van der Waals surface area contributed by atoms with Crippen molar-refractivity contribution in [3.05, 3.63) is 64.3 Å². The summed E-state index contributed by atoms with van der Waals surface area (Å²) in [6, 6.07) is -1.85. The van der Waals surface area contributed by atoms with Crippen LogP contribution in [0.2, 0.25) is 0 Å². The zero-order chi connectivity index (χ0) is 34.9. The van der Waals surface area contributed by atoms with E-state index >= 15 is 0 Å². The van der Waals surface area contributed by atoms with Gasteiger partial charge in [0.15, 0.2) is 0 Å². The number of thiazole rings is 4. The molecule has 12 nitrogen and oxygen atoms in total. The summed E-state index contributed by atoms with van der Waals surface area (Å²) in [5.41, 5.74) is 0.939. The van der Waals surface area contributed by atoms with Gasteiger partial charge in [0.25, 0.3) is 23.6 Å². The molecule has 4 aromatic rings. The summed E-state index contributed by atoms with van der Waals surface area (Å²) in [6.07, 6.45) is 0. The average Bonchev–Trinajstić information content (AvgIpc) is 3.85. The maximum atomic E-state index is 13.5. The first kappa shape index (κ1) is 35.7. The molecule has 16 heteroatoms. The molecular formula is C32H40N8O4S4. The van der Waals surface area contributed by atoms with Crippen LogP contribution in [0.15, 0.2) is 21.5 Å². The number of nitrogens with one attached hydrogen (secondary N) is 4. The topological polar surface area (TPSA) is 168 Å². The number of hydrogen-bond donors (Lipinski definition) is 4. The Morgan fingerprint density at radius 3 is 0.771 bits per heavy atom. The molecule has 0 saturated carbocycles. The van der Waals surface area contributed by atoms with E-state index in [1.807, 2.05) is 55.4 Å². The summed E-state index contributed by atoms with van der Waals surface area (Å²) >= 11 is 5.19. The van der Waals surface area contributed by atoms with Crippen LogP contribution in [0.1, 0.15) is 142 Å². The Bertz CT molecular complexity index is 1530. The summed E-state index contributed by atoms with van der Waals surface area (Å²) in [5.74, 6) is -1.60. The Kier molecular flexibility index (Phi) is 11.1. The zero-order valence-electron chi connectivity index (χ0n) is 28.0. The molecule has 0 radical (unpaired) electrons. The second kappa shape index (κ2) is 14.9. The molecule has 0 fully saturated rings. The van der Waals surface area contributed by atoms with Crippen molar-refractivity contribution in [3.8, 4) is 0 Å². The first-order valence-corrected chi connectivity index (χ1v) is 19.3. The first-order chi connectivity index (χ1) is 22.7. The van der Waals surface area contributed by atoms with E-state index in [1.165, 1.54) is 45.3 Å². The van der Waals surface area contributed by atoms with Crippen molar-refractivity contribution in [2.45, 2.75) is 79.6 Å². The molecule has 4 amide bonds. The van der Waals surface area contributed by atoms with Gasteiger partial charge >= 0.3 is 0 Å². The van der Waals surface area contributed by atoms with Crippen LogP contribution in [0.25, 0.3) is 0 Å². The lowest BCUT2D eigenvalue weighted by Gasteiger charge is -2.21. The number of carbonyl (C=O) groups excluding carboxylic acids is 4. The van der Waals surface area contributed by atoms with E-state index in [2.05, 4.69) is 41.2 Å². The van der Waals surface area contributed by atoms with E-state index in [0.717, 1.165) is 0 Å². The van der Waals surface area contributed by atoms with Crippen molar-refractivity contribution in [1.29, 1.82) is 0 Å². The molecule has 0 aliphatic carbocycles. The van der Waals surface area contributed by atoms with Crippen LogP contribution in [0.4, 0.5) is 0 Å². The van der Waals surface area contributed by atoms with Gasteiger partial charge in [-0.1, -0.05) is 55.4 Å². The molecule has 256 valence electrons.